The number of esters is 1. The lowest BCUT2D eigenvalue weighted by Crippen LogP contribution is -2.56. The fraction of sp³-hybridized carbons (Fsp3) is 0.478. The van der Waals surface area contributed by atoms with Gasteiger partial charge in [0.15, 0.2) is 14.4 Å². The molecule has 0 unspecified atom stereocenters. The van der Waals surface area contributed by atoms with Crippen molar-refractivity contribution in [2.45, 2.75) is 51.0 Å². The van der Waals surface area contributed by atoms with Gasteiger partial charge in [0.25, 0.3) is 5.91 Å². The molecule has 0 spiro atoms. The number of nitrogens with one attached hydrogen (secondary N) is 2. The number of carbonyl (C=O) groups is 3. The SMILES string of the molecule is COC(=O)[C@H](CO)NC(=O)[C@H](CO[Si](C)(C)C(C)(C)C)NC(=O)c1cn(-c2ccccc2)cn1. The van der Waals surface area contributed by atoms with E-state index >= 15 is 0 Å². The van der Waals surface area contributed by atoms with Gasteiger partial charge >= 0.3 is 5.97 Å². The van der Waals surface area contributed by atoms with E-state index in [0.717, 1.165) is 12.8 Å². The number of aliphatic hydroxyl groups excluding tert-OH is 1. The number of amides is 2. The molecule has 0 fully saturated rings. The van der Waals surface area contributed by atoms with Gasteiger partial charge in [0.05, 0.1) is 20.3 Å². The number of nitrogens with zero attached hydrogens (tertiary/aromatic N) is 2. The highest BCUT2D eigenvalue weighted by Crippen LogP contribution is 2.36. The first kappa shape index (κ1) is 27.2. The topological polar surface area (TPSA) is 132 Å². The van der Waals surface area contributed by atoms with E-state index in [2.05, 4.69) is 41.1 Å². The Balaban J connectivity index is 2.21. The van der Waals surface area contributed by atoms with Gasteiger partial charge in [-0.25, -0.2) is 9.78 Å². The van der Waals surface area contributed by atoms with E-state index in [9.17, 15) is 19.5 Å². The van der Waals surface area contributed by atoms with E-state index < -0.39 is 44.8 Å². The summed E-state index contributed by atoms with van der Waals surface area (Å²) in [7, 11) is -1.10. The van der Waals surface area contributed by atoms with Crippen molar-refractivity contribution >= 4 is 26.1 Å². The lowest BCUT2D eigenvalue weighted by Gasteiger charge is -2.37. The van der Waals surface area contributed by atoms with Crippen molar-refractivity contribution in [2.75, 3.05) is 20.3 Å². The molecule has 34 heavy (non-hydrogen) atoms. The van der Waals surface area contributed by atoms with Gasteiger partial charge in [-0.05, 0) is 30.3 Å². The monoisotopic (exact) mass is 490 g/mol. The number of ether oxygens (including phenoxy) is 1. The van der Waals surface area contributed by atoms with Crippen LogP contribution in [0, 0.1) is 0 Å². The van der Waals surface area contributed by atoms with Gasteiger partial charge in [-0.3, -0.25) is 9.59 Å². The molecule has 3 N–H and O–H groups in total. The average molecular weight is 491 g/mol. The number of hydrogen-bond acceptors (Lipinski definition) is 7. The van der Waals surface area contributed by atoms with Gasteiger partial charge < -0.3 is 29.5 Å². The molecule has 1 heterocycles. The van der Waals surface area contributed by atoms with Crippen LogP contribution < -0.4 is 10.6 Å². The van der Waals surface area contributed by atoms with Crippen molar-refractivity contribution in [1.82, 2.24) is 20.2 Å². The van der Waals surface area contributed by atoms with Crippen LogP contribution in [0.1, 0.15) is 31.3 Å². The molecule has 0 radical (unpaired) electrons. The van der Waals surface area contributed by atoms with E-state index in [1.54, 1.807) is 10.8 Å². The predicted octanol–water partition coefficient (Wildman–Crippen LogP) is 1.64. The molecule has 1 aromatic carbocycles. The lowest BCUT2D eigenvalue weighted by atomic mass is 10.2. The van der Waals surface area contributed by atoms with Crippen LogP contribution in [0.15, 0.2) is 42.9 Å². The van der Waals surface area contributed by atoms with E-state index in [1.807, 2.05) is 43.4 Å². The summed E-state index contributed by atoms with van der Waals surface area (Å²) < 4.78 is 12.4. The summed E-state index contributed by atoms with van der Waals surface area (Å²) in [5.41, 5.74) is 0.939. The van der Waals surface area contributed by atoms with Crippen molar-refractivity contribution in [3.8, 4) is 5.69 Å². The van der Waals surface area contributed by atoms with Gasteiger partial charge in [-0.2, -0.15) is 0 Å². The van der Waals surface area contributed by atoms with Gasteiger partial charge in [-0.1, -0.05) is 39.0 Å². The minimum Gasteiger partial charge on any atom is -0.467 e. The smallest absolute Gasteiger partial charge is 0.330 e. The van der Waals surface area contributed by atoms with Gasteiger partial charge in [0.1, 0.15) is 18.1 Å². The molecule has 0 bridgehead atoms. The van der Waals surface area contributed by atoms with E-state index in [0.29, 0.717) is 0 Å². The Morgan fingerprint density at radius 3 is 2.32 bits per heavy atom. The largest absolute Gasteiger partial charge is 0.467 e. The summed E-state index contributed by atoms with van der Waals surface area (Å²) in [4.78, 5) is 41.8. The molecule has 0 saturated heterocycles. The molecule has 2 amide bonds. The second-order valence-electron chi connectivity index (χ2n) is 9.37. The summed E-state index contributed by atoms with van der Waals surface area (Å²) in [5.74, 6) is -2.06. The number of aliphatic hydroxyl groups is 1. The molecule has 10 nitrogen and oxygen atoms in total. The summed E-state index contributed by atoms with van der Waals surface area (Å²) in [6.45, 7) is 9.47. The molecule has 0 saturated carbocycles. The summed E-state index contributed by atoms with van der Waals surface area (Å²) in [5, 5.41) is 14.4. The zero-order valence-corrected chi connectivity index (χ0v) is 21.5. The standard InChI is InChI=1S/C23H34N4O6Si/c1-23(2,3)34(5,6)33-14-19(21(30)25-18(13-28)22(31)32-4)26-20(29)17-12-27(15-24-17)16-10-8-7-9-11-16/h7-12,15,18-19,28H,13-14H2,1-6H3,(H,25,30)(H,26,29)/t18-,19-/m0/s1. The van der Waals surface area contributed by atoms with Crippen molar-refractivity contribution in [3.63, 3.8) is 0 Å². The number of benzene rings is 1. The Bertz CT molecular complexity index is 987. The van der Waals surface area contributed by atoms with E-state index in [4.69, 9.17) is 4.43 Å². The van der Waals surface area contributed by atoms with Crippen LogP contribution in [-0.4, -0.2) is 73.2 Å². The number of hydrogen-bond donors (Lipinski definition) is 3. The molecule has 11 heteroatoms. The number of carbonyl (C=O) groups excluding carboxylic acids is 3. The number of para-hydroxylation sites is 1. The summed E-state index contributed by atoms with van der Waals surface area (Å²) >= 11 is 0. The summed E-state index contributed by atoms with van der Waals surface area (Å²) in [6.07, 6.45) is 3.06. The van der Waals surface area contributed by atoms with Crippen molar-refractivity contribution in [2.24, 2.45) is 0 Å². The fourth-order valence-corrected chi connectivity index (χ4v) is 3.71. The molecule has 2 aromatic rings. The Morgan fingerprint density at radius 2 is 1.76 bits per heavy atom. The quantitative estimate of drug-likeness (QED) is 0.341. The first-order valence-electron chi connectivity index (χ1n) is 10.9. The Kier molecular flexibility index (Phi) is 9.13. The van der Waals surface area contributed by atoms with Crippen molar-refractivity contribution in [3.05, 3.63) is 48.5 Å². The highest BCUT2D eigenvalue weighted by molar-refractivity contribution is 6.74. The van der Waals surface area contributed by atoms with Crippen LogP contribution >= 0.6 is 0 Å². The van der Waals surface area contributed by atoms with Gasteiger partial charge in [-0.15, -0.1) is 0 Å². The van der Waals surface area contributed by atoms with Crippen LogP contribution in [-0.2, 0) is 18.8 Å². The Hall–Kier alpha value is -3.02. The Morgan fingerprint density at radius 1 is 1.12 bits per heavy atom. The number of imidazole rings is 1. The molecule has 2 atom stereocenters. The highest BCUT2D eigenvalue weighted by atomic mass is 28.4. The highest BCUT2D eigenvalue weighted by Gasteiger charge is 2.39. The predicted molar refractivity (Wildman–Crippen MR) is 129 cm³/mol. The molecule has 0 aliphatic rings. The Labute approximate surface area is 200 Å². The van der Waals surface area contributed by atoms with E-state index in [1.165, 1.54) is 6.33 Å². The summed E-state index contributed by atoms with van der Waals surface area (Å²) in [6, 6.07) is 6.97. The minimum atomic E-state index is -2.25. The normalized spacial score (nSPS) is 13.6. The molecular formula is C23H34N4O6Si. The minimum absolute atomic E-state index is 0.104. The van der Waals surface area contributed by atoms with Crippen molar-refractivity contribution in [1.29, 1.82) is 0 Å². The van der Waals surface area contributed by atoms with Crippen LogP contribution in [0.4, 0.5) is 0 Å². The molecule has 0 aliphatic heterocycles. The molecular weight excluding hydrogens is 456 g/mol. The lowest BCUT2D eigenvalue weighted by molar-refractivity contribution is -0.146. The van der Waals surface area contributed by atoms with Crippen LogP contribution in [0.2, 0.25) is 18.1 Å². The molecule has 186 valence electrons. The van der Waals surface area contributed by atoms with Gasteiger partial charge in [0.2, 0.25) is 5.91 Å². The van der Waals surface area contributed by atoms with Crippen LogP contribution in [0.5, 0.6) is 0 Å². The molecule has 1 aromatic heterocycles. The molecule has 0 aliphatic carbocycles. The van der Waals surface area contributed by atoms with Crippen molar-refractivity contribution < 1.29 is 28.7 Å². The maximum atomic E-state index is 13.0. The van der Waals surface area contributed by atoms with E-state index in [-0.39, 0.29) is 17.3 Å². The number of rotatable bonds is 10. The maximum absolute atomic E-state index is 13.0. The first-order chi connectivity index (χ1) is 15.9. The second kappa shape index (κ2) is 11.4. The number of methoxy groups -OCH3 is 1. The third kappa shape index (κ3) is 6.99. The third-order valence-corrected chi connectivity index (χ3v) is 10.4. The number of aromatic nitrogens is 2. The second-order valence-corrected chi connectivity index (χ2v) is 14.2. The van der Waals surface area contributed by atoms with Crippen LogP contribution in [0.25, 0.3) is 5.69 Å². The zero-order chi connectivity index (χ0) is 25.5. The first-order valence-corrected chi connectivity index (χ1v) is 13.8. The molecule has 2 rings (SSSR count). The zero-order valence-electron chi connectivity index (χ0n) is 20.5. The average Bonchev–Trinajstić information content (AvgIpc) is 3.29. The maximum Gasteiger partial charge on any atom is 0.330 e. The van der Waals surface area contributed by atoms with Crippen LogP contribution in [0.3, 0.4) is 0 Å². The fourth-order valence-electron chi connectivity index (χ4n) is 2.70. The third-order valence-electron chi connectivity index (χ3n) is 5.89. The van der Waals surface area contributed by atoms with Gasteiger partial charge in [0, 0.05) is 11.9 Å².